The third-order valence-corrected chi connectivity index (χ3v) is 0.408. The molecule has 0 aromatic rings. The van der Waals surface area contributed by atoms with E-state index in [4.69, 9.17) is 0 Å². The van der Waals surface area contributed by atoms with Crippen molar-refractivity contribution in [2.24, 2.45) is 0 Å². The molecule has 0 N–H and O–H groups in total. The Morgan fingerprint density at radius 1 is 1.50 bits per heavy atom. The summed E-state index contributed by atoms with van der Waals surface area (Å²) in [7, 11) is 0. The summed E-state index contributed by atoms with van der Waals surface area (Å²) in [4.78, 5) is 0. The Labute approximate surface area is 53.2 Å². The van der Waals surface area contributed by atoms with Crippen LogP contribution in [-0.2, 0) is 18.6 Å². The molecule has 0 aromatic heterocycles. The molecule has 0 amide bonds. The van der Waals surface area contributed by atoms with E-state index in [2.05, 4.69) is 20.3 Å². The predicted molar refractivity (Wildman–Crippen MR) is 26.7 cm³/mol. The van der Waals surface area contributed by atoms with Gasteiger partial charge in [0.05, 0.1) is 0 Å². The molecule has 0 bridgehead atoms. The Morgan fingerprint density at radius 3 is 1.67 bits per heavy atom. The van der Waals surface area contributed by atoms with E-state index in [0.717, 1.165) is 0 Å². The van der Waals surface area contributed by atoms with Crippen molar-refractivity contribution in [2.75, 3.05) is 0 Å². The quantitative estimate of drug-likeness (QED) is 0.468. The molecular weight excluding hydrogens is 111 g/mol. The summed E-state index contributed by atoms with van der Waals surface area (Å²) in [5.41, 5.74) is 0. The molecule has 0 saturated carbocycles. The van der Waals surface area contributed by atoms with Crippen LogP contribution in [0.25, 0.3) is 0 Å². The minimum Gasteiger partial charge on any atom is -0.358 e. The maximum atomic E-state index is 2.12. The molecule has 0 aliphatic heterocycles. The number of hydrogen-bond acceptors (Lipinski definition) is 0. The Bertz CT molecular complexity index is 5.90. The van der Waals surface area contributed by atoms with Crippen molar-refractivity contribution in [3.63, 3.8) is 0 Å². The van der Waals surface area contributed by atoms with Crippen molar-refractivity contribution in [1.29, 1.82) is 0 Å². The smallest absolute Gasteiger partial charge is 0.358 e. The summed E-state index contributed by atoms with van der Waals surface area (Å²) < 4.78 is 0. The number of rotatable bonds is 1. The molecule has 0 aromatic carbocycles. The van der Waals surface area contributed by atoms with Crippen LogP contribution in [0.4, 0.5) is 0 Å². The van der Waals surface area contributed by atoms with Gasteiger partial charge in [0.2, 0.25) is 0 Å². The normalized spacial score (nSPS) is 5.00. The Morgan fingerprint density at radius 2 is 1.67 bits per heavy atom. The second kappa shape index (κ2) is 17.6. The summed E-state index contributed by atoms with van der Waals surface area (Å²) >= 11 is 0. The van der Waals surface area contributed by atoms with Crippen molar-refractivity contribution in [1.82, 2.24) is 0 Å². The van der Waals surface area contributed by atoms with Gasteiger partial charge in [0.15, 0.2) is 0 Å². The molecule has 6 heavy (non-hydrogen) atoms. The van der Waals surface area contributed by atoms with E-state index >= 15 is 0 Å². The Kier molecular flexibility index (Phi) is 46.8. The van der Waals surface area contributed by atoms with Crippen LogP contribution in [0.5, 0.6) is 0 Å². The van der Waals surface area contributed by atoms with Gasteiger partial charge in [-0.25, -0.2) is 0 Å². The van der Waals surface area contributed by atoms with Gasteiger partial charge in [0.25, 0.3) is 0 Å². The average molecular weight is 123 g/mol. The van der Waals surface area contributed by atoms with Crippen molar-refractivity contribution >= 4 is 0 Å². The van der Waals surface area contributed by atoms with Crippen LogP contribution >= 0.6 is 0 Å². The summed E-state index contributed by atoms with van der Waals surface area (Å²) in [5, 5.41) is 0. The van der Waals surface area contributed by atoms with E-state index < -0.39 is 0 Å². The fourth-order valence-corrected chi connectivity index (χ4v) is 0. The molecule has 1 radical (unpaired) electrons. The second-order valence-electron chi connectivity index (χ2n) is 0.816. The van der Waals surface area contributed by atoms with Crippen molar-refractivity contribution < 1.29 is 18.6 Å². The van der Waals surface area contributed by atoms with Gasteiger partial charge in [-0.15, -0.1) is 0 Å². The molecule has 0 aliphatic rings. The molecule has 0 fully saturated rings. The van der Waals surface area contributed by atoms with Crippen LogP contribution < -0.4 is 0 Å². The zero-order chi connectivity index (χ0) is 3.41. The van der Waals surface area contributed by atoms with Crippen LogP contribution in [-0.4, -0.2) is 0 Å². The number of hydrogen-bond donors (Lipinski definition) is 0. The minimum absolute atomic E-state index is 0. The van der Waals surface area contributed by atoms with Crippen LogP contribution in [0, 0.1) is 13.8 Å². The van der Waals surface area contributed by atoms with Crippen LogP contribution in [0.15, 0.2) is 0 Å². The molecule has 0 unspecified atom stereocenters. The van der Waals surface area contributed by atoms with Crippen LogP contribution in [0.1, 0.15) is 20.3 Å². The summed E-state index contributed by atoms with van der Waals surface area (Å²) in [6.07, 6.45) is 3.32. The van der Waals surface area contributed by atoms with Crippen molar-refractivity contribution in [3.8, 4) is 0 Å². The summed E-state index contributed by atoms with van der Waals surface area (Å²) in [6.45, 7) is 4.18. The van der Waals surface area contributed by atoms with Gasteiger partial charge in [-0.05, 0) is 0 Å². The summed E-state index contributed by atoms with van der Waals surface area (Å²) in [5.74, 6) is 0. The zero-order valence-electron chi connectivity index (χ0n) is 4.73. The molecule has 0 spiro atoms. The van der Waals surface area contributed by atoms with E-state index in [-0.39, 0.29) is 26.0 Å². The third kappa shape index (κ3) is 23.5. The van der Waals surface area contributed by atoms with E-state index in [1.54, 1.807) is 0 Å². The molecule has 0 aliphatic carbocycles. The molecule has 37 valence electrons. The standard InChI is InChI=1S/C4H9.CH3.V/c1-3-4-2;;/h3H,4H2,1-2H3;1H3;/q2*-1;+2. The first-order valence-corrected chi connectivity index (χ1v) is 1.69. The molecule has 0 heterocycles. The SMILES string of the molecule is C[CH-]CC.[CH3-].[V+2]. The average Bonchev–Trinajstić information content (AvgIpc) is 1.37. The molecule has 1 heteroatoms. The van der Waals surface area contributed by atoms with Crippen molar-refractivity contribution in [3.05, 3.63) is 13.8 Å². The third-order valence-electron chi connectivity index (χ3n) is 0.408. The Hall–Kier alpha value is 0.584. The van der Waals surface area contributed by atoms with Gasteiger partial charge in [-0.2, -0.15) is 13.3 Å². The predicted octanol–water partition coefficient (Wildman–Crippen LogP) is 2.07. The van der Waals surface area contributed by atoms with E-state index in [0.29, 0.717) is 0 Å². The van der Waals surface area contributed by atoms with Gasteiger partial charge >= 0.3 is 18.6 Å². The van der Waals surface area contributed by atoms with Gasteiger partial charge in [0.1, 0.15) is 0 Å². The topological polar surface area (TPSA) is 0 Å². The number of unbranched alkanes of at least 4 members (excludes halogenated alkanes) is 1. The Balaban J connectivity index is -0.0000000450. The second-order valence-corrected chi connectivity index (χ2v) is 0.816. The first-order valence-electron chi connectivity index (χ1n) is 1.69. The van der Waals surface area contributed by atoms with Crippen LogP contribution in [0.2, 0.25) is 0 Å². The van der Waals surface area contributed by atoms with E-state index in [1.165, 1.54) is 6.42 Å². The molecule has 0 saturated heterocycles. The van der Waals surface area contributed by atoms with Gasteiger partial charge < -0.3 is 13.8 Å². The van der Waals surface area contributed by atoms with Gasteiger partial charge in [0, 0.05) is 0 Å². The van der Waals surface area contributed by atoms with Crippen molar-refractivity contribution in [2.45, 2.75) is 20.3 Å². The first kappa shape index (κ1) is 16.0. The molecule has 0 nitrogen and oxygen atoms in total. The fourth-order valence-electron chi connectivity index (χ4n) is 0. The van der Waals surface area contributed by atoms with Gasteiger partial charge in [-0.3, -0.25) is 0 Å². The minimum atomic E-state index is 0. The monoisotopic (exact) mass is 123 g/mol. The molecular formula is C5H12V. The van der Waals surface area contributed by atoms with E-state index in [9.17, 15) is 0 Å². The summed E-state index contributed by atoms with van der Waals surface area (Å²) in [6, 6.07) is 0. The largest absolute Gasteiger partial charge is 2.00 e. The first-order chi connectivity index (χ1) is 1.91. The van der Waals surface area contributed by atoms with Crippen LogP contribution in [0.3, 0.4) is 0 Å². The zero-order valence-corrected chi connectivity index (χ0v) is 6.13. The maximum Gasteiger partial charge on any atom is 2.00 e. The van der Waals surface area contributed by atoms with E-state index in [1.807, 2.05) is 0 Å². The maximum absolute atomic E-state index is 2.12. The fraction of sp³-hybridized carbons (Fsp3) is 0.600. The molecule has 0 atom stereocenters. The molecule has 0 rings (SSSR count). The van der Waals surface area contributed by atoms with Gasteiger partial charge in [-0.1, -0.05) is 6.92 Å².